The van der Waals surface area contributed by atoms with Gasteiger partial charge in [0.1, 0.15) is 11.5 Å². The Labute approximate surface area is 293 Å². The molecular weight excluding hydrogens is 762 g/mol. The highest BCUT2D eigenvalue weighted by molar-refractivity contribution is 9.11. The molecule has 2 heterocycles. The van der Waals surface area contributed by atoms with Gasteiger partial charge in [-0.1, -0.05) is 0 Å². The van der Waals surface area contributed by atoms with E-state index in [-0.39, 0.29) is 11.7 Å². The van der Waals surface area contributed by atoms with Crippen LogP contribution in [0.1, 0.15) is 58.2 Å². The van der Waals surface area contributed by atoms with Gasteiger partial charge in [-0.05, 0) is 68.5 Å². The summed E-state index contributed by atoms with van der Waals surface area (Å²) in [6, 6.07) is 1.72. The molecule has 0 bridgehead atoms. The van der Waals surface area contributed by atoms with Crippen LogP contribution >= 0.6 is 31.9 Å². The maximum absolute atomic E-state index is 12.9. The molecule has 5 rings (SSSR count). The SMILES string of the molecule is COC(=O)[C@H]1O[C@@H](Oc2cn(C(C)=O)c3cc(Br)c(OCC4[C@H]5CCC#CCC[C@@H]45)c(Br)c23)[C@H](OC(C)=O)[C@@H](OC(C)=O)[C@@H]1OC(C)=O. The molecule has 1 aliphatic heterocycles. The molecule has 1 aromatic heterocycles. The van der Waals surface area contributed by atoms with Gasteiger partial charge in [0, 0.05) is 40.5 Å². The minimum atomic E-state index is -1.65. The molecule has 3 aliphatic rings. The van der Waals surface area contributed by atoms with Crippen molar-refractivity contribution >= 4 is 72.5 Å². The molecule has 2 aromatic rings. The molecule has 2 fully saturated rings. The van der Waals surface area contributed by atoms with Crippen molar-refractivity contribution in [2.75, 3.05) is 13.7 Å². The van der Waals surface area contributed by atoms with Crippen molar-refractivity contribution in [1.29, 1.82) is 0 Å². The molecule has 13 nitrogen and oxygen atoms in total. The molecule has 0 amide bonds. The topological polar surface area (TPSA) is 155 Å². The molecule has 1 aromatic carbocycles. The second-order valence-electron chi connectivity index (χ2n) is 11.8. The largest absolute Gasteiger partial charge is 0.491 e. The summed E-state index contributed by atoms with van der Waals surface area (Å²) >= 11 is 7.25. The zero-order valence-electron chi connectivity index (χ0n) is 26.9. The number of nitrogens with zero attached hydrogens (tertiary/aromatic N) is 1. The summed E-state index contributed by atoms with van der Waals surface area (Å²) in [4.78, 5) is 62.2. The third-order valence-electron chi connectivity index (χ3n) is 8.58. The maximum Gasteiger partial charge on any atom is 0.339 e. The van der Waals surface area contributed by atoms with Crippen molar-refractivity contribution in [2.45, 2.75) is 84.1 Å². The van der Waals surface area contributed by atoms with Gasteiger partial charge in [0.2, 0.25) is 18.3 Å². The Hall–Kier alpha value is -3.61. The summed E-state index contributed by atoms with van der Waals surface area (Å²) in [5.41, 5.74) is 0.438. The number of rotatable bonds is 9. The van der Waals surface area contributed by atoms with Crippen molar-refractivity contribution in [3.8, 4) is 23.3 Å². The Morgan fingerprint density at radius 2 is 1.48 bits per heavy atom. The Morgan fingerprint density at radius 1 is 0.896 bits per heavy atom. The molecule has 1 saturated carbocycles. The molecular formula is C33H35Br2NO12. The average molecular weight is 797 g/mol. The highest BCUT2D eigenvalue weighted by atomic mass is 79.9. The van der Waals surface area contributed by atoms with Crippen LogP contribution in [0.25, 0.3) is 10.9 Å². The zero-order chi connectivity index (χ0) is 34.9. The summed E-state index contributed by atoms with van der Waals surface area (Å²) in [6.45, 7) is 5.14. The minimum absolute atomic E-state index is 0.0768. The monoisotopic (exact) mass is 795 g/mol. The van der Waals surface area contributed by atoms with Crippen molar-refractivity contribution < 1.29 is 57.1 Å². The van der Waals surface area contributed by atoms with E-state index in [1.54, 1.807) is 6.07 Å². The number of hydrogen-bond acceptors (Lipinski definition) is 12. The van der Waals surface area contributed by atoms with Gasteiger partial charge in [-0.25, -0.2) is 4.79 Å². The molecule has 0 N–H and O–H groups in total. The number of hydrogen-bond donors (Lipinski definition) is 0. The Bertz CT molecular complexity index is 1670. The molecule has 15 heteroatoms. The number of carbonyl (C=O) groups excluding carboxylic acids is 5. The smallest absolute Gasteiger partial charge is 0.339 e. The number of aromatic nitrogens is 1. The van der Waals surface area contributed by atoms with Gasteiger partial charge in [-0.3, -0.25) is 23.7 Å². The lowest BCUT2D eigenvalue weighted by Gasteiger charge is -2.43. The third kappa shape index (κ3) is 7.50. The van der Waals surface area contributed by atoms with Crippen LogP contribution in [0.3, 0.4) is 0 Å². The summed E-state index contributed by atoms with van der Waals surface area (Å²) in [6.07, 6.45) is -2.66. The van der Waals surface area contributed by atoms with Crippen LogP contribution in [-0.4, -0.2) is 78.8 Å². The number of benzene rings is 1. The molecule has 258 valence electrons. The second-order valence-corrected chi connectivity index (χ2v) is 13.4. The Kier molecular flexibility index (Phi) is 11.1. The van der Waals surface area contributed by atoms with Crippen LogP contribution < -0.4 is 9.47 Å². The number of carbonyl (C=O) groups is 5. The number of ether oxygens (including phenoxy) is 7. The third-order valence-corrected chi connectivity index (χ3v) is 9.93. The first-order chi connectivity index (χ1) is 22.8. The predicted octanol–water partition coefficient (Wildman–Crippen LogP) is 4.72. The van der Waals surface area contributed by atoms with Crippen molar-refractivity contribution in [3.05, 3.63) is 21.2 Å². The molecule has 0 spiro atoms. The second kappa shape index (κ2) is 14.9. The fraction of sp³-hybridized carbons (Fsp3) is 0.545. The van der Waals surface area contributed by atoms with E-state index in [4.69, 9.17) is 33.2 Å². The lowest BCUT2D eigenvalue weighted by molar-refractivity contribution is -0.282. The van der Waals surface area contributed by atoms with Gasteiger partial charge in [0.15, 0.2) is 18.3 Å². The quantitative estimate of drug-likeness (QED) is 0.196. The first-order valence-electron chi connectivity index (χ1n) is 15.4. The van der Waals surface area contributed by atoms with Crippen molar-refractivity contribution in [1.82, 2.24) is 4.57 Å². The van der Waals surface area contributed by atoms with Crippen LogP contribution in [0, 0.1) is 29.6 Å². The summed E-state index contributed by atoms with van der Waals surface area (Å²) < 4.78 is 42.2. The van der Waals surface area contributed by atoms with Gasteiger partial charge < -0.3 is 33.2 Å². The highest BCUT2D eigenvalue weighted by Gasteiger charge is 2.56. The first-order valence-corrected chi connectivity index (χ1v) is 16.9. The standard InChI is InChI=1S/C33H35Br2NO12/c1-15(37)36-13-24(25-23(36)12-22(34)27(26(25)35)43-14-21-19-10-8-6-7-9-11-20(19)21)47-33-31(46-18(4)40)29(45-17(3)39)28(44-16(2)38)30(48-33)32(41)42-5/h12-13,19-21,28-31,33H,8-11,14H2,1-5H3/t19-,20+,21?,28-,29-,30-,31+,33+/m0/s1. The fourth-order valence-electron chi connectivity index (χ4n) is 6.51. The van der Waals surface area contributed by atoms with Crippen LogP contribution in [0.4, 0.5) is 0 Å². The van der Waals surface area contributed by atoms with Gasteiger partial charge in [0.25, 0.3) is 0 Å². The number of methoxy groups -OCH3 is 1. The molecule has 1 unspecified atom stereocenters. The number of fused-ring (bicyclic) bond motifs is 2. The molecule has 48 heavy (non-hydrogen) atoms. The van der Waals surface area contributed by atoms with Crippen LogP contribution in [0.5, 0.6) is 11.5 Å². The number of esters is 4. The van der Waals surface area contributed by atoms with Crippen LogP contribution in [0.2, 0.25) is 0 Å². The zero-order valence-corrected chi connectivity index (χ0v) is 30.1. The molecule has 1 saturated heterocycles. The predicted molar refractivity (Wildman–Crippen MR) is 174 cm³/mol. The van der Waals surface area contributed by atoms with E-state index in [2.05, 4.69) is 43.7 Å². The van der Waals surface area contributed by atoms with Crippen LogP contribution in [-0.2, 0) is 42.9 Å². The number of halogens is 2. The average Bonchev–Trinajstić information content (AvgIpc) is 3.49. The van der Waals surface area contributed by atoms with E-state index in [9.17, 15) is 24.0 Å². The Morgan fingerprint density at radius 3 is 2.04 bits per heavy atom. The minimum Gasteiger partial charge on any atom is -0.491 e. The van der Waals surface area contributed by atoms with Crippen molar-refractivity contribution in [2.24, 2.45) is 17.8 Å². The summed E-state index contributed by atoms with van der Waals surface area (Å²) in [7, 11) is 1.09. The van der Waals surface area contributed by atoms with E-state index >= 15 is 0 Å². The fourth-order valence-corrected chi connectivity index (χ4v) is 8.03. The lowest BCUT2D eigenvalue weighted by atomic mass is 9.97. The van der Waals surface area contributed by atoms with Gasteiger partial charge in [-0.2, -0.15) is 0 Å². The molecule has 2 aliphatic carbocycles. The van der Waals surface area contributed by atoms with E-state index in [1.807, 2.05) is 0 Å². The van der Waals surface area contributed by atoms with E-state index in [0.29, 0.717) is 50.0 Å². The normalized spacial score (nSPS) is 27.6. The maximum atomic E-state index is 12.9. The summed E-state index contributed by atoms with van der Waals surface area (Å²) in [5.74, 6) is 4.71. The van der Waals surface area contributed by atoms with Crippen molar-refractivity contribution in [3.63, 3.8) is 0 Å². The van der Waals surface area contributed by atoms with Crippen LogP contribution in [0.15, 0.2) is 21.2 Å². The van der Waals surface area contributed by atoms with Gasteiger partial charge >= 0.3 is 23.9 Å². The Balaban J connectivity index is 1.53. The van der Waals surface area contributed by atoms with E-state index in [1.165, 1.54) is 17.7 Å². The van der Waals surface area contributed by atoms with E-state index < -0.39 is 54.6 Å². The molecule has 0 radical (unpaired) electrons. The molecule has 8 atom stereocenters. The van der Waals surface area contributed by atoms with E-state index in [0.717, 1.165) is 53.6 Å². The highest BCUT2D eigenvalue weighted by Crippen LogP contribution is 2.53. The first kappa shape index (κ1) is 35.7. The lowest BCUT2D eigenvalue weighted by Crippen LogP contribution is -2.64. The summed E-state index contributed by atoms with van der Waals surface area (Å²) in [5, 5.41) is 0.407. The van der Waals surface area contributed by atoms with Gasteiger partial charge in [0.05, 0.1) is 39.8 Å². The van der Waals surface area contributed by atoms with Gasteiger partial charge in [-0.15, -0.1) is 11.8 Å².